The molecular weight excluding hydrogens is 295 g/mol. The number of halogens is 2. The van der Waals surface area contributed by atoms with Gasteiger partial charge in [0, 0.05) is 12.2 Å². The molecule has 0 bridgehead atoms. The third-order valence-electron chi connectivity index (χ3n) is 3.33. The summed E-state index contributed by atoms with van der Waals surface area (Å²) in [4.78, 5) is 14.1. The molecule has 3 nitrogen and oxygen atoms in total. The number of benzene rings is 2. The lowest BCUT2D eigenvalue weighted by atomic mass is 10.2. The first kappa shape index (κ1) is 13.3. The quantitative estimate of drug-likeness (QED) is 0.821. The molecule has 0 unspecified atom stereocenters. The van der Waals surface area contributed by atoms with E-state index in [1.54, 1.807) is 23.1 Å². The standard InChI is InChI=1S/C15H12Cl2N2O/c16-11-5-3-6-12(14(11)17)18-15(20)19-9-8-10-4-1-2-7-13(10)19/h1-7H,8-9H2,(H,18,20). The molecule has 1 aliphatic rings. The number of nitrogens with zero attached hydrogens (tertiary/aromatic N) is 1. The van der Waals surface area contributed by atoms with E-state index in [0.29, 0.717) is 22.3 Å². The second kappa shape index (κ2) is 5.35. The average Bonchev–Trinajstić information content (AvgIpc) is 2.88. The Balaban J connectivity index is 1.83. The molecule has 2 aromatic carbocycles. The van der Waals surface area contributed by atoms with Crippen molar-refractivity contribution in [3.63, 3.8) is 0 Å². The number of hydrogen-bond acceptors (Lipinski definition) is 1. The van der Waals surface area contributed by atoms with Crippen LogP contribution in [0.1, 0.15) is 5.56 Å². The zero-order valence-corrected chi connectivity index (χ0v) is 12.1. The van der Waals surface area contributed by atoms with Gasteiger partial charge in [0.2, 0.25) is 0 Å². The van der Waals surface area contributed by atoms with Gasteiger partial charge in [0.15, 0.2) is 0 Å². The van der Waals surface area contributed by atoms with Gasteiger partial charge in [-0.25, -0.2) is 4.79 Å². The lowest BCUT2D eigenvalue weighted by molar-refractivity contribution is 0.257. The van der Waals surface area contributed by atoms with Crippen LogP contribution in [0.15, 0.2) is 42.5 Å². The van der Waals surface area contributed by atoms with E-state index in [0.717, 1.165) is 12.1 Å². The molecule has 20 heavy (non-hydrogen) atoms. The van der Waals surface area contributed by atoms with Crippen LogP contribution in [0.5, 0.6) is 0 Å². The summed E-state index contributed by atoms with van der Waals surface area (Å²) in [6.07, 6.45) is 0.868. The molecule has 0 saturated heterocycles. The summed E-state index contributed by atoms with van der Waals surface area (Å²) in [7, 11) is 0. The summed E-state index contributed by atoms with van der Waals surface area (Å²) in [5.41, 5.74) is 2.65. The number of amides is 2. The van der Waals surface area contributed by atoms with Crippen LogP contribution in [0.3, 0.4) is 0 Å². The summed E-state index contributed by atoms with van der Waals surface area (Å²) in [6, 6.07) is 12.9. The van der Waals surface area contributed by atoms with Crippen molar-refractivity contribution in [2.45, 2.75) is 6.42 Å². The monoisotopic (exact) mass is 306 g/mol. The molecule has 1 N–H and O–H groups in total. The summed E-state index contributed by atoms with van der Waals surface area (Å²) in [6.45, 7) is 0.670. The summed E-state index contributed by atoms with van der Waals surface area (Å²) < 4.78 is 0. The lowest BCUT2D eigenvalue weighted by Crippen LogP contribution is -2.33. The van der Waals surface area contributed by atoms with E-state index in [1.807, 2.05) is 24.3 Å². The molecule has 0 atom stereocenters. The Labute approximate surface area is 127 Å². The molecule has 1 aliphatic heterocycles. The maximum Gasteiger partial charge on any atom is 0.326 e. The van der Waals surface area contributed by atoms with Gasteiger partial charge in [-0.3, -0.25) is 4.90 Å². The van der Waals surface area contributed by atoms with Gasteiger partial charge >= 0.3 is 6.03 Å². The highest BCUT2D eigenvalue weighted by Gasteiger charge is 2.24. The van der Waals surface area contributed by atoms with Crippen molar-refractivity contribution in [1.29, 1.82) is 0 Å². The predicted octanol–water partition coefficient (Wildman–Crippen LogP) is 4.59. The number of urea groups is 1. The molecule has 0 aromatic heterocycles. The second-order valence-electron chi connectivity index (χ2n) is 4.56. The van der Waals surface area contributed by atoms with Gasteiger partial charge in [-0.05, 0) is 30.2 Å². The number of carbonyl (C=O) groups is 1. The fourth-order valence-corrected chi connectivity index (χ4v) is 2.68. The highest BCUT2D eigenvalue weighted by atomic mass is 35.5. The molecule has 0 aliphatic carbocycles. The molecule has 0 saturated carbocycles. The minimum absolute atomic E-state index is 0.195. The van der Waals surface area contributed by atoms with Crippen molar-refractivity contribution in [2.75, 3.05) is 16.8 Å². The molecule has 0 radical (unpaired) electrons. The number of rotatable bonds is 1. The third kappa shape index (κ3) is 2.35. The van der Waals surface area contributed by atoms with Crippen LogP contribution in [-0.2, 0) is 6.42 Å². The maximum absolute atomic E-state index is 12.4. The zero-order valence-electron chi connectivity index (χ0n) is 10.6. The first-order valence-electron chi connectivity index (χ1n) is 6.27. The first-order chi connectivity index (χ1) is 9.66. The fraction of sp³-hybridized carbons (Fsp3) is 0.133. The maximum atomic E-state index is 12.4. The van der Waals surface area contributed by atoms with Gasteiger partial charge in [0.25, 0.3) is 0 Å². The van der Waals surface area contributed by atoms with Crippen LogP contribution in [0.4, 0.5) is 16.2 Å². The van der Waals surface area contributed by atoms with Crippen LogP contribution in [0, 0.1) is 0 Å². The molecule has 5 heteroatoms. The number of fused-ring (bicyclic) bond motifs is 1. The minimum atomic E-state index is -0.195. The predicted molar refractivity (Wildman–Crippen MR) is 83.0 cm³/mol. The van der Waals surface area contributed by atoms with Crippen LogP contribution in [-0.4, -0.2) is 12.6 Å². The van der Waals surface area contributed by atoms with Crippen molar-refractivity contribution >= 4 is 40.6 Å². The van der Waals surface area contributed by atoms with Gasteiger partial charge in [0.05, 0.1) is 15.7 Å². The van der Waals surface area contributed by atoms with Crippen LogP contribution < -0.4 is 10.2 Å². The van der Waals surface area contributed by atoms with Crippen molar-refractivity contribution in [3.05, 3.63) is 58.1 Å². The van der Waals surface area contributed by atoms with E-state index in [2.05, 4.69) is 5.32 Å². The third-order valence-corrected chi connectivity index (χ3v) is 4.14. The fourth-order valence-electron chi connectivity index (χ4n) is 2.33. The second-order valence-corrected chi connectivity index (χ2v) is 5.35. The minimum Gasteiger partial charge on any atom is -0.306 e. The SMILES string of the molecule is O=C(Nc1cccc(Cl)c1Cl)N1CCc2ccccc21. The van der Waals surface area contributed by atoms with E-state index in [-0.39, 0.29) is 6.03 Å². The summed E-state index contributed by atoms with van der Waals surface area (Å²) in [5.74, 6) is 0. The number of hydrogen-bond donors (Lipinski definition) is 1. The summed E-state index contributed by atoms with van der Waals surface area (Å²) >= 11 is 12.0. The normalized spacial score (nSPS) is 13.2. The van der Waals surface area contributed by atoms with Crippen LogP contribution in [0.25, 0.3) is 0 Å². The zero-order chi connectivity index (χ0) is 14.1. The largest absolute Gasteiger partial charge is 0.326 e. The van der Waals surface area contributed by atoms with Crippen LogP contribution in [0.2, 0.25) is 10.0 Å². The van der Waals surface area contributed by atoms with Gasteiger partial charge in [-0.2, -0.15) is 0 Å². The topological polar surface area (TPSA) is 32.3 Å². The van der Waals surface area contributed by atoms with E-state index in [4.69, 9.17) is 23.2 Å². The highest BCUT2D eigenvalue weighted by molar-refractivity contribution is 6.44. The molecule has 0 fully saturated rings. The molecule has 3 rings (SSSR count). The first-order valence-corrected chi connectivity index (χ1v) is 7.03. The molecule has 2 aromatic rings. The molecule has 0 spiro atoms. The van der Waals surface area contributed by atoms with Gasteiger partial charge in [-0.1, -0.05) is 47.5 Å². The summed E-state index contributed by atoms with van der Waals surface area (Å²) in [5, 5.41) is 3.58. The Hall–Kier alpha value is -1.71. The Morgan fingerprint density at radius 1 is 1.10 bits per heavy atom. The van der Waals surface area contributed by atoms with Crippen molar-refractivity contribution < 1.29 is 4.79 Å². The van der Waals surface area contributed by atoms with E-state index in [1.165, 1.54) is 5.56 Å². The van der Waals surface area contributed by atoms with E-state index < -0.39 is 0 Å². The van der Waals surface area contributed by atoms with Gasteiger partial charge < -0.3 is 5.32 Å². The number of carbonyl (C=O) groups excluding carboxylic acids is 1. The van der Waals surface area contributed by atoms with Crippen molar-refractivity contribution in [1.82, 2.24) is 0 Å². The Kier molecular flexibility index (Phi) is 3.55. The number of anilines is 2. The number of nitrogens with one attached hydrogen (secondary N) is 1. The highest BCUT2D eigenvalue weighted by Crippen LogP contribution is 2.31. The molecule has 102 valence electrons. The average molecular weight is 307 g/mol. The Morgan fingerprint density at radius 3 is 2.75 bits per heavy atom. The van der Waals surface area contributed by atoms with Crippen molar-refractivity contribution in [2.24, 2.45) is 0 Å². The Morgan fingerprint density at radius 2 is 1.90 bits per heavy atom. The number of para-hydroxylation sites is 1. The molecule has 1 heterocycles. The van der Waals surface area contributed by atoms with Crippen molar-refractivity contribution in [3.8, 4) is 0 Å². The van der Waals surface area contributed by atoms with Gasteiger partial charge in [-0.15, -0.1) is 0 Å². The smallest absolute Gasteiger partial charge is 0.306 e. The molecular formula is C15H12Cl2N2O. The van der Waals surface area contributed by atoms with Crippen LogP contribution >= 0.6 is 23.2 Å². The lowest BCUT2D eigenvalue weighted by Gasteiger charge is -2.18. The Bertz CT molecular complexity index is 673. The molecule has 2 amide bonds. The van der Waals surface area contributed by atoms with E-state index in [9.17, 15) is 4.79 Å². The van der Waals surface area contributed by atoms with Gasteiger partial charge in [0.1, 0.15) is 0 Å². The van der Waals surface area contributed by atoms with E-state index >= 15 is 0 Å².